The van der Waals surface area contributed by atoms with Crippen LogP contribution in [0.5, 0.6) is 0 Å². The van der Waals surface area contributed by atoms with E-state index in [-0.39, 0.29) is 18.4 Å². The summed E-state index contributed by atoms with van der Waals surface area (Å²) in [6.45, 7) is 0.635. The molecule has 2 unspecified atom stereocenters. The first-order valence-electron chi connectivity index (χ1n) is 6.00. The van der Waals surface area contributed by atoms with Gasteiger partial charge in [0.15, 0.2) is 0 Å². The van der Waals surface area contributed by atoms with Crippen LogP contribution in [0.25, 0.3) is 0 Å². The predicted octanol–water partition coefficient (Wildman–Crippen LogP) is 0.480. The zero-order valence-corrected chi connectivity index (χ0v) is 10.0. The molecule has 1 amide bonds. The van der Waals surface area contributed by atoms with E-state index in [4.69, 9.17) is 10.8 Å². The number of carboxylic acid groups (broad SMARTS) is 1. The molecule has 0 radical (unpaired) electrons. The average molecular weight is 251 g/mol. The minimum Gasteiger partial charge on any atom is -0.481 e. The molecule has 1 aliphatic heterocycles. The molecule has 2 heterocycles. The minimum atomic E-state index is -1.05. The van der Waals surface area contributed by atoms with Gasteiger partial charge in [-0.25, -0.2) is 0 Å². The first-order valence-corrected chi connectivity index (χ1v) is 6.00. The molecule has 98 valence electrons. The Balaban J connectivity index is 2.07. The van der Waals surface area contributed by atoms with Crippen molar-refractivity contribution in [1.82, 2.24) is 9.88 Å². The SMILES string of the molecule is NC(CC(=O)O)C(=O)N1CCCC1c1ccc[nH]1. The first-order chi connectivity index (χ1) is 8.59. The van der Waals surface area contributed by atoms with E-state index in [9.17, 15) is 9.59 Å². The van der Waals surface area contributed by atoms with Crippen LogP contribution in [0.4, 0.5) is 0 Å². The molecule has 18 heavy (non-hydrogen) atoms. The lowest BCUT2D eigenvalue weighted by Gasteiger charge is -2.26. The second-order valence-electron chi connectivity index (χ2n) is 4.52. The highest BCUT2D eigenvalue weighted by molar-refractivity contribution is 5.86. The monoisotopic (exact) mass is 251 g/mol. The summed E-state index contributed by atoms with van der Waals surface area (Å²) >= 11 is 0. The second kappa shape index (κ2) is 5.22. The van der Waals surface area contributed by atoms with Crippen molar-refractivity contribution in [3.05, 3.63) is 24.0 Å². The van der Waals surface area contributed by atoms with Gasteiger partial charge in [0.1, 0.15) is 0 Å². The number of likely N-dealkylation sites (tertiary alicyclic amines) is 1. The molecule has 1 aromatic heterocycles. The molecule has 1 aliphatic rings. The van der Waals surface area contributed by atoms with Crippen LogP contribution < -0.4 is 5.73 Å². The van der Waals surface area contributed by atoms with Gasteiger partial charge in [-0.2, -0.15) is 0 Å². The predicted molar refractivity (Wildman–Crippen MR) is 64.7 cm³/mol. The Bertz CT molecular complexity index is 430. The van der Waals surface area contributed by atoms with Gasteiger partial charge in [-0.3, -0.25) is 9.59 Å². The number of hydrogen-bond donors (Lipinski definition) is 3. The number of hydrogen-bond acceptors (Lipinski definition) is 3. The number of aromatic nitrogens is 1. The summed E-state index contributed by atoms with van der Waals surface area (Å²) in [5, 5.41) is 8.67. The molecule has 1 fully saturated rings. The Labute approximate surface area is 105 Å². The number of aromatic amines is 1. The quantitative estimate of drug-likeness (QED) is 0.724. The third-order valence-corrected chi connectivity index (χ3v) is 3.23. The van der Waals surface area contributed by atoms with E-state index in [0.29, 0.717) is 6.54 Å². The van der Waals surface area contributed by atoms with Crippen LogP contribution in [0.1, 0.15) is 31.0 Å². The number of carbonyl (C=O) groups excluding carboxylic acids is 1. The van der Waals surface area contributed by atoms with Gasteiger partial charge in [0.2, 0.25) is 5.91 Å². The van der Waals surface area contributed by atoms with Crippen molar-refractivity contribution in [3.8, 4) is 0 Å². The van der Waals surface area contributed by atoms with E-state index >= 15 is 0 Å². The van der Waals surface area contributed by atoms with Crippen molar-refractivity contribution in [2.45, 2.75) is 31.3 Å². The Kier molecular flexibility index (Phi) is 3.66. The first kappa shape index (κ1) is 12.6. The molecule has 1 saturated heterocycles. The van der Waals surface area contributed by atoms with Gasteiger partial charge in [0.05, 0.1) is 18.5 Å². The Morgan fingerprint density at radius 3 is 3.00 bits per heavy atom. The summed E-state index contributed by atoms with van der Waals surface area (Å²) in [6.07, 6.45) is 3.28. The molecular formula is C12H17N3O3. The standard InChI is InChI=1S/C12H17N3O3/c13-8(7-11(16)17)12(18)15-6-2-4-10(15)9-3-1-5-14-9/h1,3,5,8,10,14H,2,4,6-7,13H2,(H,16,17). The van der Waals surface area contributed by atoms with E-state index in [0.717, 1.165) is 18.5 Å². The zero-order valence-electron chi connectivity index (χ0n) is 10.0. The number of nitrogens with zero attached hydrogens (tertiary/aromatic N) is 1. The number of amides is 1. The number of rotatable bonds is 4. The van der Waals surface area contributed by atoms with Crippen molar-refractivity contribution in [2.75, 3.05) is 6.54 Å². The zero-order chi connectivity index (χ0) is 13.1. The largest absolute Gasteiger partial charge is 0.481 e. The average Bonchev–Trinajstić information content (AvgIpc) is 2.97. The van der Waals surface area contributed by atoms with E-state index in [1.807, 2.05) is 18.3 Å². The number of nitrogens with two attached hydrogens (primary N) is 1. The fraction of sp³-hybridized carbons (Fsp3) is 0.500. The van der Waals surface area contributed by atoms with Crippen LogP contribution in [0.15, 0.2) is 18.3 Å². The molecule has 0 spiro atoms. The van der Waals surface area contributed by atoms with Gasteiger partial charge in [0.25, 0.3) is 0 Å². The number of aliphatic carboxylic acids is 1. The maximum atomic E-state index is 12.1. The van der Waals surface area contributed by atoms with Crippen molar-refractivity contribution in [1.29, 1.82) is 0 Å². The lowest BCUT2D eigenvalue weighted by Crippen LogP contribution is -2.44. The highest BCUT2D eigenvalue weighted by Gasteiger charge is 2.33. The van der Waals surface area contributed by atoms with Crippen molar-refractivity contribution < 1.29 is 14.7 Å². The van der Waals surface area contributed by atoms with Gasteiger partial charge in [0, 0.05) is 18.4 Å². The molecule has 4 N–H and O–H groups in total. The van der Waals surface area contributed by atoms with Crippen LogP contribution >= 0.6 is 0 Å². The molecule has 0 bridgehead atoms. The van der Waals surface area contributed by atoms with Crippen molar-refractivity contribution in [3.63, 3.8) is 0 Å². The van der Waals surface area contributed by atoms with Gasteiger partial charge >= 0.3 is 5.97 Å². The second-order valence-corrected chi connectivity index (χ2v) is 4.52. The Morgan fingerprint density at radius 2 is 2.39 bits per heavy atom. The lowest BCUT2D eigenvalue weighted by molar-refractivity contribution is -0.142. The van der Waals surface area contributed by atoms with E-state index in [1.165, 1.54) is 0 Å². The third-order valence-electron chi connectivity index (χ3n) is 3.23. The molecule has 1 aromatic rings. The summed E-state index contributed by atoms with van der Waals surface area (Å²) in [7, 11) is 0. The maximum absolute atomic E-state index is 12.1. The fourth-order valence-corrected chi connectivity index (χ4v) is 2.39. The Morgan fingerprint density at radius 1 is 1.61 bits per heavy atom. The smallest absolute Gasteiger partial charge is 0.305 e. The van der Waals surface area contributed by atoms with Crippen LogP contribution in [0, 0.1) is 0 Å². The van der Waals surface area contributed by atoms with Gasteiger partial charge in [-0.15, -0.1) is 0 Å². The van der Waals surface area contributed by atoms with E-state index in [2.05, 4.69) is 4.98 Å². The summed E-state index contributed by atoms with van der Waals surface area (Å²) in [4.78, 5) is 27.5. The maximum Gasteiger partial charge on any atom is 0.305 e. The molecule has 2 atom stereocenters. The summed E-state index contributed by atoms with van der Waals surface area (Å²) < 4.78 is 0. The van der Waals surface area contributed by atoms with Crippen molar-refractivity contribution >= 4 is 11.9 Å². The molecule has 0 saturated carbocycles. The molecule has 6 heteroatoms. The van der Waals surface area contributed by atoms with Gasteiger partial charge < -0.3 is 20.7 Å². The molecule has 0 aromatic carbocycles. The van der Waals surface area contributed by atoms with E-state index in [1.54, 1.807) is 4.90 Å². The minimum absolute atomic E-state index is 0.00709. The van der Waals surface area contributed by atoms with Crippen LogP contribution in [-0.4, -0.2) is 39.5 Å². The molecule has 2 rings (SSSR count). The molecule has 0 aliphatic carbocycles. The third kappa shape index (κ3) is 2.53. The number of H-pyrrole nitrogens is 1. The number of nitrogens with one attached hydrogen (secondary N) is 1. The Hall–Kier alpha value is -1.82. The van der Waals surface area contributed by atoms with Crippen molar-refractivity contribution in [2.24, 2.45) is 5.73 Å². The van der Waals surface area contributed by atoms with Crippen LogP contribution in [-0.2, 0) is 9.59 Å². The normalized spacial score (nSPS) is 20.9. The summed E-state index contributed by atoms with van der Waals surface area (Å²) in [5.41, 5.74) is 6.61. The molecule has 6 nitrogen and oxygen atoms in total. The topological polar surface area (TPSA) is 99.4 Å². The lowest BCUT2D eigenvalue weighted by atomic mass is 10.1. The van der Waals surface area contributed by atoms with Crippen LogP contribution in [0.3, 0.4) is 0 Å². The summed E-state index contributed by atoms with van der Waals surface area (Å²) in [6, 6.07) is 2.84. The van der Waals surface area contributed by atoms with E-state index < -0.39 is 12.0 Å². The fourth-order valence-electron chi connectivity index (χ4n) is 2.39. The molecular weight excluding hydrogens is 234 g/mol. The van der Waals surface area contributed by atoms with Gasteiger partial charge in [-0.1, -0.05) is 0 Å². The van der Waals surface area contributed by atoms with Gasteiger partial charge in [-0.05, 0) is 25.0 Å². The number of carboxylic acids is 1. The highest BCUT2D eigenvalue weighted by atomic mass is 16.4. The van der Waals surface area contributed by atoms with Crippen LogP contribution in [0.2, 0.25) is 0 Å². The summed E-state index contributed by atoms with van der Waals surface area (Å²) in [5.74, 6) is -1.33. The number of carbonyl (C=O) groups is 2. The highest BCUT2D eigenvalue weighted by Crippen LogP contribution is 2.31.